The van der Waals surface area contributed by atoms with Gasteiger partial charge in [-0.2, -0.15) is 4.31 Å². The summed E-state index contributed by atoms with van der Waals surface area (Å²) in [5.74, 6) is -0.435. The summed E-state index contributed by atoms with van der Waals surface area (Å²) in [4.78, 5) is 14.6. The highest BCUT2D eigenvalue weighted by molar-refractivity contribution is 7.89. The van der Waals surface area contributed by atoms with Crippen LogP contribution in [0.5, 0.6) is 0 Å². The maximum absolute atomic E-state index is 13.5. The number of halogens is 2. The Bertz CT molecular complexity index is 845. The van der Waals surface area contributed by atoms with Crippen LogP contribution in [0, 0.1) is 5.92 Å². The van der Waals surface area contributed by atoms with Gasteiger partial charge in [-0.05, 0) is 31.0 Å². The third kappa shape index (κ3) is 3.36. The predicted molar refractivity (Wildman–Crippen MR) is 99.2 cm³/mol. The van der Waals surface area contributed by atoms with Crippen LogP contribution >= 0.6 is 23.2 Å². The Morgan fingerprint density at radius 3 is 2.56 bits per heavy atom. The quantitative estimate of drug-likeness (QED) is 0.772. The molecule has 0 aliphatic carbocycles. The zero-order valence-electron chi connectivity index (χ0n) is 14.4. The fraction of sp³-hybridized carbons (Fsp3) is 0.588. The molecule has 3 saturated heterocycles. The van der Waals surface area contributed by atoms with Crippen LogP contribution in [0.1, 0.15) is 12.8 Å². The summed E-state index contributed by atoms with van der Waals surface area (Å²) in [6.45, 7) is 0.770. The van der Waals surface area contributed by atoms with Gasteiger partial charge in [0, 0.05) is 35.1 Å². The number of ether oxygens (including phenoxy) is 1. The van der Waals surface area contributed by atoms with Crippen LogP contribution in [0.15, 0.2) is 23.1 Å². The van der Waals surface area contributed by atoms with E-state index in [4.69, 9.17) is 27.9 Å². The zero-order valence-corrected chi connectivity index (χ0v) is 16.8. The number of hydrogen-bond donors (Lipinski definition) is 1. The number of carbonyl (C=O) groups excluding carboxylic acids is 1. The molecular weight excluding hydrogens is 415 g/mol. The molecule has 3 fully saturated rings. The Labute approximate surface area is 167 Å². The first kappa shape index (κ1) is 19.4. The maximum Gasteiger partial charge on any atom is 0.244 e. The van der Waals surface area contributed by atoms with E-state index >= 15 is 0 Å². The highest BCUT2D eigenvalue weighted by Gasteiger charge is 2.54. The van der Waals surface area contributed by atoms with Gasteiger partial charge >= 0.3 is 0 Å². The molecule has 148 valence electrons. The van der Waals surface area contributed by atoms with Gasteiger partial charge in [0.25, 0.3) is 0 Å². The molecule has 1 N–H and O–H groups in total. The number of benzene rings is 1. The van der Waals surface area contributed by atoms with Gasteiger partial charge in [-0.3, -0.25) is 4.79 Å². The molecule has 0 saturated carbocycles. The van der Waals surface area contributed by atoms with Crippen molar-refractivity contribution < 1.29 is 23.1 Å². The lowest BCUT2D eigenvalue weighted by atomic mass is 9.86. The second kappa shape index (κ2) is 7.17. The van der Waals surface area contributed by atoms with Crippen molar-refractivity contribution >= 4 is 39.1 Å². The monoisotopic (exact) mass is 434 g/mol. The SMILES string of the molecule is O=C1C2CC3CC(C(CO3)CN1CCO)N2S(=O)(=O)c1cc(Cl)cc(Cl)c1. The molecule has 1 aromatic carbocycles. The van der Waals surface area contributed by atoms with Crippen LogP contribution in [-0.2, 0) is 19.6 Å². The first-order valence-corrected chi connectivity index (χ1v) is 11.0. The van der Waals surface area contributed by atoms with Gasteiger partial charge in [-0.15, -0.1) is 0 Å². The maximum atomic E-state index is 13.5. The molecule has 4 unspecified atom stereocenters. The van der Waals surface area contributed by atoms with Gasteiger partial charge in [0.05, 0.1) is 24.2 Å². The lowest BCUT2D eigenvalue weighted by molar-refractivity contribution is -0.138. The average Bonchev–Trinajstić information content (AvgIpc) is 2.64. The van der Waals surface area contributed by atoms with Crippen molar-refractivity contribution in [2.24, 2.45) is 5.92 Å². The molecule has 3 aliphatic rings. The summed E-state index contributed by atoms with van der Waals surface area (Å²) in [7, 11) is -3.98. The summed E-state index contributed by atoms with van der Waals surface area (Å²) >= 11 is 12.0. The summed E-state index contributed by atoms with van der Waals surface area (Å²) in [5, 5.41) is 9.76. The molecule has 0 radical (unpaired) electrons. The molecule has 27 heavy (non-hydrogen) atoms. The summed E-state index contributed by atoms with van der Waals surface area (Å²) in [5.41, 5.74) is 0. The first-order valence-electron chi connectivity index (χ1n) is 8.82. The molecule has 3 aliphatic heterocycles. The minimum atomic E-state index is -3.98. The summed E-state index contributed by atoms with van der Waals surface area (Å²) < 4.78 is 34.2. The van der Waals surface area contributed by atoms with Gasteiger partial charge in [-0.1, -0.05) is 23.2 Å². The van der Waals surface area contributed by atoms with E-state index in [1.165, 1.54) is 22.5 Å². The second-order valence-corrected chi connectivity index (χ2v) is 9.93. The van der Waals surface area contributed by atoms with Crippen LogP contribution in [0.3, 0.4) is 0 Å². The molecule has 1 aromatic rings. The number of piperidine rings is 1. The number of hydrogen-bond acceptors (Lipinski definition) is 5. The Morgan fingerprint density at radius 1 is 1.19 bits per heavy atom. The second-order valence-electron chi connectivity index (χ2n) is 7.22. The zero-order chi connectivity index (χ0) is 19.3. The van der Waals surface area contributed by atoms with Crippen LogP contribution in [0.4, 0.5) is 0 Å². The number of amides is 1. The Balaban J connectivity index is 1.80. The fourth-order valence-corrected chi connectivity index (χ4v) is 6.97. The number of β-amino-alcohol motifs (C(OH)–C–C–N with tert-alkyl or cyclic N) is 1. The predicted octanol–water partition coefficient (Wildman–Crippen LogP) is 1.36. The van der Waals surface area contributed by atoms with Crippen molar-refractivity contribution in [2.45, 2.75) is 35.9 Å². The molecule has 3 bridgehead atoms. The molecule has 1 amide bonds. The minimum Gasteiger partial charge on any atom is -0.395 e. The van der Waals surface area contributed by atoms with E-state index in [9.17, 15) is 18.3 Å². The summed E-state index contributed by atoms with van der Waals surface area (Å²) in [6, 6.07) is 2.99. The lowest BCUT2D eigenvalue weighted by Crippen LogP contribution is -2.60. The van der Waals surface area contributed by atoms with Crippen LogP contribution in [0.25, 0.3) is 0 Å². The first-order chi connectivity index (χ1) is 12.8. The molecule has 4 rings (SSSR count). The van der Waals surface area contributed by atoms with Gasteiger partial charge in [0.2, 0.25) is 15.9 Å². The van der Waals surface area contributed by atoms with Crippen molar-refractivity contribution in [3.8, 4) is 0 Å². The van der Waals surface area contributed by atoms with Crippen LogP contribution in [-0.4, -0.2) is 73.1 Å². The molecule has 0 spiro atoms. The van der Waals surface area contributed by atoms with Crippen molar-refractivity contribution in [3.05, 3.63) is 28.2 Å². The number of aliphatic hydroxyl groups is 1. The van der Waals surface area contributed by atoms with Crippen molar-refractivity contribution in [2.75, 3.05) is 26.3 Å². The largest absolute Gasteiger partial charge is 0.395 e. The molecule has 10 heteroatoms. The van der Waals surface area contributed by atoms with Crippen molar-refractivity contribution in [1.29, 1.82) is 0 Å². The van der Waals surface area contributed by atoms with Gasteiger partial charge in [0.15, 0.2) is 0 Å². The van der Waals surface area contributed by atoms with E-state index in [-0.39, 0.29) is 52.1 Å². The highest BCUT2D eigenvalue weighted by atomic mass is 35.5. The molecular formula is C17H20Cl2N2O5S. The Hall–Kier alpha value is -0.900. The molecule has 3 heterocycles. The third-order valence-electron chi connectivity index (χ3n) is 5.55. The average molecular weight is 435 g/mol. The van der Waals surface area contributed by atoms with E-state index in [1.54, 1.807) is 4.90 Å². The van der Waals surface area contributed by atoms with Crippen LogP contribution < -0.4 is 0 Å². The normalized spacial score (nSPS) is 31.2. The number of fused-ring (bicyclic) bond motifs is 2. The molecule has 0 aromatic heterocycles. The smallest absolute Gasteiger partial charge is 0.244 e. The number of rotatable bonds is 4. The Kier molecular flexibility index (Phi) is 5.15. The van der Waals surface area contributed by atoms with E-state index in [2.05, 4.69) is 0 Å². The lowest BCUT2D eigenvalue weighted by Gasteiger charge is -2.47. The van der Waals surface area contributed by atoms with Crippen molar-refractivity contribution in [3.63, 3.8) is 0 Å². The number of nitrogens with zero attached hydrogens (tertiary/aromatic N) is 2. The summed E-state index contributed by atoms with van der Waals surface area (Å²) in [6.07, 6.45) is 0.718. The van der Waals surface area contributed by atoms with Gasteiger partial charge in [0.1, 0.15) is 6.04 Å². The number of sulfonamides is 1. The highest BCUT2D eigenvalue weighted by Crippen LogP contribution is 2.41. The van der Waals surface area contributed by atoms with E-state index < -0.39 is 16.1 Å². The topological polar surface area (TPSA) is 87.2 Å². The van der Waals surface area contributed by atoms with Gasteiger partial charge < -0.3 is 14.7 Å². The van der Waals surface area contributed by atoms with E-state index in [0.29, 0.717) is 26.0 Å². The van der Waals surface area contributed by atoms with Gasteiger partial charge in [-0.25, -0.2) is 8.42 Å². The molecule has 4 atom stereocenters. The van der Waals surface area contributed by atoms with E-state index in [1.807, 2.05) is 0 Å². The standard InChI is InChI=1S/C17H20Cl2N2O5S/c18-11-3-12(19)5-14(4-11)27(24,25)21-15-6-13-7-16(21)17(23)20(1-2-22)8-10(15)9-26-13/h3-5,10,13,15-16,22H,1-2,6-9H2. The number of aliphatic hydroxyl groups excluding tert-OH is 1. The fourth-order valence-electron chi connectivity index (χ4n) is 4.40. The van der Waals surface area contributed by atoms with E-state index in [0.717, 1.165) is 0 Å². The minimum absolute atomic E-state index is 0.0166. The Morgan fingerprint density at radius 2 is 1.89 bits per heavy atom. The third-order valence-corrected chi connectivity index (χ3v) is 7.90. The van der Waals surface area contributed by atoms with Crippen LogP contribution in [0.2, 0.25) is 10.0 Å². The molecule has 7 nitrogen and oxygen atoms in total. The number of carbonyl (C=O) groups is 1. The van der Waals surface area contributed by atoms with Crippen molar-refractivity contribution in [1.82, 2.24) is 9.21 Å².